The molecule has 1 atom stereocenters. The Balaban J connectivity index is 1.57. The van der Waals surface area contributed by atoms with Crippen molar-refractivity contribution in [3.63, 3.8) is 0 Å². The minimum atomic E-state index is -1.17. The Hall–Kier alpha value is -4.29. The van der Waals surface area contributed by atoms with Crippen molar-refractivity contribution in [2.45, 2.75) is 38.5 Å². The lowest BCUT2D eigenvalue weighted by Gasteiger charge is -2.38. The van der Waals surface area contributed by atoms with Crippen LogP contribution in [0, 0.1) is 6.92 Å². The van der Waals surface area contributed by atoms with Gasteiger partial charge in [0.05, 0.1) is 16.9 Å². The SMILES string of the molecule is CCN(c1cc(C)c(Nc2ccccc2)c2c1C(=O)OC21c2ccccc2Oc2ccccc21)C1CCCO1. The molecule has 1 spiro atoms. The lowest BCUT2D eigenvalue weighted by molar-refractivity contribution is 0.0226. The number of hydrogen-bond acceptors (Lipinski definition) is 6. The number of nitrogens with one attached hydrogen (secondary N) is 1. The summed E-state index contributed by atoms with van der Waals surface area (Å²) in [5.74, 6) is 1.01. The average Bonchev–Trinajstić information content (AvgIpc) is 3.59. The molecule has 39 heavy (non-hydrogen) atoms. The van der Waals surface area contributed by atoms with Crippen LogP contribution in [0.25, 0.3) is 0 Å². The van der Waals surface area contributed by atoms with Crippen molar-refractivity contribution < 1.29 is 19.0 Å². The zero-order valence-corrected chi connectivity index (χ0v) is 22.1. The topological polar surface area (TPSA) is 60.0 Å². The number of benzene rings is 4. The third-order valence-electron chi connectivity index (χ3n) is 8.00. The van der Waals surface area contributed by atoms with E-state index in [0.717, 1.165) is 58.8 Å². The second-order valence-electron chi connectivity index (χ2n) is 10.2. The summed E-state index contributed by atoms with van der Waals surface area (Å²) >= 11 is 0. The molecule has 6 heteroatoms. The zero-order valence-electron chi connectivity index (χ0n) is 22.1. The Labute approximate surface area is 228 Å². The number of hydrogen-bond donors (Lipinski definition) is 1. The van der Waals surface area contributed by atoms with Crippen molar-refractivity contribution in [2.24, 2.45) is 0 Å². The first-order valence-corrected chi connectivity index (χ1v) is 13.6. The summed E-state index contributed by atoms with van der Waals surface area (Å²) in [6.45, 7) is 5.63. The molecule has 3 aliphatic heterocycles. The number of rotatable bonds is 5. The van der Waals surface area contributed by atoms with E-state index in [2.05, 4.69) is 30.1 Å². The molecule has 0 bridgehead atoms. The van der Waals surface area contributed by atoms with E-state index in [4.69, 9.17) is 14.2 Å². The maximum absolute atomic E-state index is 14.2. The van der Waals surface area contributed by atoms with Crippen LogP contribution in [0.4, 0.5) is 17.1 Å². The van der Waals surface area contributed by atoms with Gasteiger partial charge in [-0.3, -0.25) is 0 Å². The normalized spacial score (nSPS) is 18.1. The molecule has 0 aromatic heterocycles. The van der Waals surface area contributed by atoms with Crippen LogP contribution < -0.4 is 15.0 Å². The van der Waals surface area contributed by atoms with Crippen LogP contribution in [0.15, 0.2) is 84.9 Å². The van der Waals surface area contributed by atoms with E-state index in [-0.39, 0.29) is 12.2 Å². The number of esters is 1. The Kier molecular flexibility index (Phi) is 5.60. The minimum Gasteiger partial charge on any atom is -0.456 e. The van der Waals surface area contributed by atoms with Gasteiger partial charge in [-0.1, -0.05) is 54.6 Å². The minimum absolute atomic E-state index is 0.0787. The number of nitrogens with zero attached hydrogens (tertiary/aromatic N) is 1. The second kappa shape index (κ2) is 9.17. The summed E-state index contributed by atoms with van der Waals surface area (Å²) in [6, 6.07) is 27.8. The lowest BCUT2D eigenvalue weighted by Crippen LogP contribution is -2.36. The summed E-state index contributed by atoms with van der Waals surface area (Å²) in [6.07, 6.45) is 1.85. The Morgan fingerprint density at radius 1 is 0.949 bits per heavy atom. The molecule has 3 heterocycles. The third kappa shape index (κ3) is 3.55. The predicted molar refractivity (Wildman–Crippen MR) is 151 cm³/mol. The highest BCUT2D eigenvalue weighted by Gasteiger charge is 2.56. The summed E-state index contributed by atoms with van der Waals surface area (Å²) in [7, 11) is 0. The predicted octanol–water partition coefficient (Wildman–Crippen LogP) is 7.27. The molecule has 0 saturated carbocycles. The number of fused-ring (bicyclic) bond motifs is 6. The van der Waals surface area contributed by atoms with Crippen molar-refractivity contribution >= 4 is 23.0 Å². The van der Waals surface area contributed by atoms with Crippen molar-refractivity contribution in [2.75, 3.05) is 23.4 Å². The molecule has 1 N–H and O–H groups in total. The molecule has 0 aliphatic carbocycles. The van der Waals surface area contributed by atoms with Gasteiger partial charge in [-0.05, 0) is 62.6 Å². The van der Waals surface area contributed by atoms with Crippen LogP contribution in [0.5, 0.6) is 11.5 Å². The van der Waals surface area contributed by atoms with Crippen molar-refractivity contribution in [1.29, 1.82) is 0 Å². The Morgan fingerprint density at radius 2 is 1.62 bits per heavy atom. The van der Waals surface area contributed by atoms with Gasteiger partial charge < -0.3 is 24.4 Å². The summed E-state index contributed by atoms with van der Waals surface area (Å²) in [5, 5.41) is 3.66. The first-order chi connectivity index (χ1) is 19.1. The maximum Gasteiger partial charge on any atom is 0.342 e. The number of para-hydroxylation sites is 3. The summed E-state index contributed by atoms with van der Waals surface area (Å²) in [5.41, 5.74) is 5.49. The molecule has 1 fully saturated rings. The highest BCUT2D eigenvalue weighted by molar-refractivity contribution is 6.05. The van der Waals surface area contributed by atoms with Crippen LogP contribution >= 0.6 is 0 Å². The standard InChI is InChI=1S/C33H30N2O4/c1-3-35(28-18-11-19-37-28)25-20-21(2)31(34-22-12-5-4-6-13-22)30-29(25)32(36)39-33(30)23-14-7-9-16-26(23)38-27-17-10-8-15-24(27)33/h4-10,12-17,20,28,34H,3,11,18-19H2,1-2H3. The van der Waals surface area contributed by atoms with E-state index in [0.29, 0.717) is 23.6 Å². The Bertz CT molecular complexity index is 1530. The largest absolute Gasteiger partial charge is 0.456 e. The van der Waals surface area contributed by atoms with E-state index in [1.165, 1.54) is 0 Å². The number of aryl methyl sites for hydroxylation is 1. The Morgan fingerprint density at radius 3 is 2.26 bits per heavy atom. The van der Waals surface area contributed by atoms with Crippen LogP contribution in [-0.2, 0) is 15.1 Å². The number of carbonyl (C=O) groups excluding carboxylic acids is 1. The van der Waals surface area contributed by atoms with Gasteiger partial charge in [0.2, 0.25) is 0 Å². The molecule has 4 aromatic carbocycles. The molecule has 0 radical (unpaired) electrons. The van der Waals surface area contributed by atoms with Gasteiger partial charge in [-0.25, -0.2) is 4.79 Å². The number of ether oxygens (including phenoxy) is 3. The third-order valence-corrected chi connectivity index (χ3v) is 8.00. The van der Waals surface area contributed by atoms with Gasteiger partial charge in [0.1, 0.15) is 17.7 Å². The fourth-order valence-electron chi connectivity index (χ4n) is 6.32. The monoisotopic (exact) mass is 518 g/mol. The van der Waals surface area contributed by atoms with E-state index in [9.17, 15) is 4.79 Å². The molecular weight excluding hydrogens is 488 g/mol. The maximum atomic E-state index is 14.2. The first kappa shape index (κ1) is 23.8. The van der Waals surface area contributed by atoms with E-state index in [1.54, 1.807) is 0 Å². The highest BCUT2D eigenvalue weighted by Crippen LogP contribution is 2.59. The molecular formula is C33H30N2O4. The molecule has 7 rings (SSSR count). The van der Waals surface area contributed by atoms with Crippen LogP contribution in [0.1, 0.15) is 52.4 Å². The number of carbonyl (C=O) groups is 1. The van der Waals surface area contributed by atoms with Crippen LogP contribution in [0.2, 0.25) is 0 Å². The smallest absolute Gasteiger partial charge is 0.342 e. The summed E-state index contributed by atoms with van der Waals surface area (Å²) in [4.78, 5) is 16.4. The highest BCUT2D eigenvalue weighted by atomic mass is 16.6. The van der Waals surface area contributed by atoms with Crippen molar-refractivity contribution in [3.05, 3.63) is 113 Å². The number of anilines is 3. The quantitative estimate of drug-likeness (QED) is 0.281. The van der Waals surface area contributed by atoms with Crippen LogP contribution in [-0.4, -0.2) is 25.3 Å². The molecule has 3 aliphatic rings. The molecule has 1 unspecified atom stereocenters. The van der Waals surface area contributed by atoms with Crippen molar-refractivity contribution in [1.82, 2.24) is 0 Å². The van der Waals surface area contributed by atoms with Gasteiger partial charge in [-0.2, -0.15) is 0 Å². The van der Waals surface area contributed by atoms with Crippen LogP contribution in [0.3, 0.4) is 0 Å². The fourth-order valence-corrected chi connectivity index (χ4v) is 6.32. The first-order valence-electron chi connectivity index (χ1n) is 13.6. The molecule has 1 saturated heterocycles. The zero-order chi connectivity index (χ0) is 26.6. The van der Waals surface area contributed by atoms with E-state index in [1.807, 2.05) is 78.9 Å². The van der Waals surface area contributed by atoms with Gasteiger partial charge in [0.25, 0.3) is 0 Å². The molecule has 196 valence electrons. The second-order valence-corrected chi connectivity index (χ2v) is 10.2. The van der Waals surface area contributed by atoms with Gasteiger partial charge >= 0.3 is 5.97 Å². The molecule has 0 amide bonds. The van der Waals surface area contributed by atoms with E-state index < -0.39 is 5.60 Å². The summed E-state index contributed by atoms with van der Waals surface area (Å²) < 4.78 is 19.1. The molecule has 4 aromatic rings. The van der Waals surface area contributed by atoms with Gasteiger partial charge in [0.15, 0.2) is 5.60 Å². The van der Waals surface area contributed by atoms with Gasteiger partial charge in [-0.15, -0.1) is 0 Å². The average molecular weight is 519 g/mol. The van der Waals surface area contributed by atoms with Gasteiger partial charge in [0, 0.05) is 35.5 Å². The van der Waals surface area contributed by atoms with E-state index >= 15 is 0 Å². The molecule has 6 nitrogen and oxygen atoms in total. The fraction of sp³-hybridized carbons (Fsp3) is 0.242. The van der Waals surface area contributed by atoms with Crippen molar-refractivity contribution in [3.8, 4) is 11.5 Å². The lowest BCUT2D eigenvalue weighted by atomic mass is 9.76.